The highest BCUT2D eigenvalue weighted by Crippen LogP contribution is 2.34. The zero-order chi connectivity index (χ0) is 19.9. The van der Waals surface area contributed by atoms with Crippen LogP contribution >= 0.6 is 0 Å². The van der Waals surface area contributed by atoms with Crippen LogP contribution in [0.5, 0.6) is 0 Å². The summed E-state index contributed by atoms with van der Waals surface area (Å²) in [6.07, 6.45) is 0.530. The predicted molar refractivity (Wildman–Crippen MR) is 110 cm³/mol. The van der Waals surface area contributed by atoms with Gasteiger partial charge in [0.2, 0.25) is 0 Å². The number of H-pyrrole nitrogens is 1. The Morgan fingerprint density at radius 2 is 2.07 bits per heavy atom. The van der Waals surface area contributed by atoms with Gasteiger partial charge in [0.1, 0.15) is 11.4 Å². The number of imidazole rings is 1. The first-order valence-corrected chi connectivity index (χ1v) is 9.70. The van der Waals surface area contributed by atoms with Crippen molar-refractivity contribution in [3.05, 3.63) is 59.4 Å². The minimum Gasteiger partial charge on any atom is -0.383 e. The third kappa shape index (κ3) is 3.36. The Morgan fingerprint density at radius 3 is 2.82 bits per heavy atom. The zero-order valence-corrected chi connectivity index (χ0v) is 16.5. The summed E-state index contributed by atoms with van der Waals surface area (Å²) >= 11 is 0. The molecule has 3 aromatic rings. The summed E-state index contributed by atoms with van der Waals surface area (Å²) in [7, 11) is 0. The second kappa shape index (κ2) is 6.95. The van der Waals surface area contributed by atoms with Gasteiger partial charge in [-0.2, -0.15) is 0 Å². The number of anilines is 1. The van der Waals surface area contributed by atoms with Crippen molar-refractivity contribution in [3.8, 4) is 0 Å². The molecule has 6 heteroatoms. The molecule has 4 rings (SSSR count). The largest absolute Gasteiger partial charge is 0.383 e. The maximum atomic E-state index is 12.7. The molecule has 1 aromatic heterocycles. The molecule has 0 radical (unpaired) electrons. The summed E-state index contributed by atoms with van der Waals surface area (Å²) in [4.78, 5) is 22.3. The number of aryl methyl sites for hydroxylation is 1. The van der Waals surface area contributed by atoms with Crippen molar-refractivity contribution in [3.63, 3.8) is 0 Å². The number of rotatable bonds is 3. The molecule has 6 nitrogen and oxygen atoms in total. The first-order chi connectivity index (χ1) is 13.4. The van der Waals surface area contributed by atoms with Gasteiger partial charge >= 0.3 is 6.03 Å². The number of carbonyl (C=O) groups is 1. The summed E-state index contributed by atoms with van der Waals surface area (Å²) in [5.41, 5.74) is 3.43. The molecule has 3 N–H and O–H groups in total. The molecule has 28 heavy (non-hydrogen) atoms. The van der Waals surface area contributed by atoms with Crippen molar-refractivity contribution in [2.75, 3.05) is 18.4 Å². The normalized spacial score (nSPS) is 19.5. The van der Waals surface area contributed by atoms with Crippen molar-refractivity contribution in [1.29, 1.82) is 0 Å². The molecule has 2 aromatic carbocycles. The summed E-state index contributed by atoms with van der Waals surface area (Å²) in [6, 6.07) is 13.3. The van der Waals surface area contributed by atoms with E-state index in [1.165, 1.54) is 0 Å². The highest BCUT2D eigenvalue weighted by molar-refractivity contribution is 5.92. The van der Waals surface area contributed by atoms with E-state index in [-0.39, 0.29) is 12.6 Å². The Balaban J connectivity index is 1.48. The van der Waals surface area contributed by atoms with Crippen molar-refractivity contribution < 1.29 is 9.90 Å². The third-order valence-corrected chi connectivity index (χ3v) is 5.48. The number of amides is 2. The quantitative estimate of drug-likeness (QED) is 0.641. The van der Waals surface area contributed by atoms with E-state index in [1.807, 2.05) is 49.4 Å². The van der Waals surface area contributed by atoms with E-state index in [0.29, 0.717) is 24.6 Å². The Hall–Kier alpha value is -2.86. The van der Waals surface area contributed by atoms with Crippen molar-refractivity contribution >= 4 is 22.8 Å². The van der Waals surface area contributed by atoms with Gasteiger partial charge in [-0.15, -0.1) is 0 Å². The number of nitrogens with zero attached hydrogens (tertiary/aromatic N) is 2. The fourth-order valence-electron chi connectivity index (χ4n) is 3.87. The number of fused-ring (bicyclic) bond motifs is 1. The summed E-state index contributed by atoms with van der Waals surface area (Å²) < 4.78 is 0. The SMILES string of the molecule is Cc1ccccc1[C@]1(O)CCN(C(=O)Nc2ccc3nc(C(C)C)[nH]c3c2)C1. The lowest BCUT2D eigenvalue weighted by Gasteiger charge is -2.25. The molecular formula is C22H26N4O2. The topological polar surface area (TPSA) is 81.2 Å². The molecule has 1 aliphatic rings. The smallest absolute Gasteiger partial charge is 0.321 e. The first-order valence-electron chi connectivity index (χ1n) is 9.70. The van der Waals surface area contributed by atoms with Crippen molar-refractivity contribution in [2.45, 2.75) is 38.7 Å². The standard InChI is InChI=1S/C22H26N4O2/c1-14(2)20-24-18-9-8-16(12-19(18)25-20)23-21(27)26-11-10-22(28,13-26)17-7-5-4-6-15(17)3/h4-9,12,14,28H,10-11,13H2,1-3H3,(H,23,27)(H,24,25)/t22-/m0/s1. The molecule has 0 saturated carbocycles. The van der Waals surface area contributed by atoms with Crippen molar-refractivity contribution in [1.82, 2.24) is 14.9 Å². The van der Waals surface area contributed by atoms with E-state index in [2.05, 4.69) is 29.1 Å². The Labute approximate surface area is 164 Å². The van der Waals surface area contributed by atoms with Crippen molar-refractivity contribution in [2.24, 2.45) is 0 Å². The number of aromatic amines is 1. The second-order valence-electron chi connectivity index (χ2n) is 7.96. The van der Waals surface area contributed by atoms with E-state index in [4.69, 9.17) is 0 Å². The molecule has 1 saturated heterocycles. The maximum Gasteiger partial charge on any atom is 0.321 e. The van der Waals surface area contributed by atoms with Gasteiger partial charge in [0, 0.05) is 18.2 Å². The molecule has 146 valence electrons. The Morgan fingerprint density at radius 1 is 1.29 bits per heavy atom. The minimum atomic E-state index is -0.998. The molecule has 2 amide bonds. The third-order valence-electron chi connectivity index (χ3n) is 5.48. The second-order valence-corrected chi connectivity index (χ2v) is 7.96. The van der Waals surface area contributed by atoms with Crippen LogP contribution in [0.25, 0.3) is 11.0 Å². The van der Waals surface area contributed by atoms with Gasteiger partial charge < -0.3 is 20.3 Å². The Kier molecular flexibility index (Phi) is 4.59. The summed E-state index contributed by atoms with van der Waals surface area (Å²) in [5.74, 6) is 1.25. The van der Waals surface area contributed by atoms with E-state index in [9.17, 15) is 9.90 Å². The lowest BCUT2D eigenvalue weighted by molar-refractivity contribution is 0.0494. The van der Waals surface area contributed by atoms with Crippen LogP contribution in [0.3, 0.4) is 0 Å². The van der Waals surface area contributed by atoms with E-state index >= 15 is 0 Å². The molecule has 2 heterocycles. The molecule has 0 aliphatic carbocycles. The highest BCUT2D eigenvalue weighted by atomic mass is 16.3. The molecule has 0 bridgehead atoms. The number of aliphatic hydroxyl groups is 1. The van der Waals surface area contributed by atoms with E-state index in [0.717, 1.165) is 28.0 Å². The number of β-amino-alcohol motifs (C(OH)–C–C–N with tert-alkyl or cyclic N) is 1. The van der Waals surface area contributed by atoms with Gasteiger partial charge in [0.05, 0.1) is 17.6 Å². The molecule has 1 fully saturated rings. The lowest BCUT2D eigenvalue weighted by Crippen LogP contribution is -2.37. The van der Waals surface area contributed by atoms with Crippen LogP contribution in [0.2, 0.25) is 0 Å². The van der Waals surface area contributed by atoms with Crippen LogP contribution < -0.4 is 5.32 Å². The first kappa shape index (κ1) is 18.5. The maximum absolute atomic E-state index is 12.7. The molecule has 1 atom stereocenters. The number of likely N-dealkylation sites (tertiary alicyclic amines) is 1. The van der Waals surface area contributed by atoms with Crippen LogP contribution in [0.15, 0.2) is 42.5 Å². The average molecular weight is 378 g/mol. The molecule has 0 unspecified atom stereocenters. The van der Waals surface area contributed by atoms with Gasteiger partial charge in [-0.3, -0.25) is 0 Å². The van der Waals surface area contributed by atoms with Crippen LogP contribution in [0, 0.1) is 6.92 Å². The monoisotopic (exact) mass is 378 g/mol. The van der Waals surface area contributed by atoms with Gasteiger partial charge in [0.15, 0.2) is 0 Å². The number of hydrogen-bond donors (Lipinski definition) is 3. The van der Waals surface area contributed by atoms with Gasteiger partial charge in [-0.05, 0) is 42.7 Å². The fraction of sp³-hybridized carbons (Fsp3) is 0.364. The minimum absolute atomic E-state index is 0.201. The number of benzene rings is 2. The lowest BCUT2D eigenvalue weighted by atomic mass is 9.89. The number of nitrogens with one attached hydrogen (secondary N) is 2. The average Bonchev–Trinajstić information content (AvgIpc) is 3.26. The van der Waals surface area contributed by atoms with E-state index in [1.54, 1.807) is 4.90 Å². The van der Waals surface area contributed by atoms with E-state index < -0.39 is 5.60 Å². The molecule has 1 aliphatic heterocycles. The van der Waals surface area contributed by atoms with Gasteiger partial charge in [0.25, 0.3) is 0 Å². The van der Waals surface area contributed by atoms with Crippen LogP contribution in [0.4, 0.5) is 10.5 Å². The van der Waals surface area contributed by atoms with Crippen LogP contribution in [-0.4, -0.2) is 39.1 Å². The molecular weight excluding hydrogens is 352 g/mol. The number of hydrogen-bond acceptors (Lipinski definition) is 3. The summed E-state index contributed by atoms with van der Waals surface area (Å²) in [6.45, 7) is 6.96. The van der Waals surface area contributed by atoms with Crippen LogP contribution in [-0.2, 0) is 5.60 Å². The highest BCUT2D eigenvalue weighted by Gasteiger charge is 2.40. The Bertz CT molecular complexity index is 1030. The number of carbonyl (C=O) groups excluding carboxylic acids is 1. The fourth-order valence-corrected chi connectivity index (χ4v) is 3.87. The number of aromatic nitrogens is 2. The zero-order valence-electron chi connectivity index (χ0n) is 16.5. The predicted octanol–water partition coefficient (Wildman–Crippen LogP) is 4.12. The van der Waals surface area contributed by atoms with Gasteiger partial charge in [-0.1, -0.05) is 38.1 Å². The van der Waals surface area contributed by atoms with Crippen LogP contribution in [0.1, 0.15) is 43.1 Å². The number of urea groups is 1. The van der Waals surface area contributed by atoms with Gasteiger partial charge in [-0.25, -0.2) is 9.78 Å². The summed E-state index contributed by atoms with van der Waals surface area (Å²) in [5, 5.41) is 14.0. The molecule has 0 spiro atoms.